The molecule has 2 aromatic carbocycles. The zero-order valence-electron chi connectivity index (χ0n) is 18.7. The molecule has 0 aromatic heterocycles. The van der Waals surface area contributed by atoms with Crippen molar-refractivity contribution in [1.29, 1.82) is 0 Å². The van der Waals surface area contributed by atoms with E-state index < -0.39 is 23.9 Å². The Kier molecular flexibility index (Phi) is 7.90. The molecule has 0 unspecified atom stereocenters. The second-order valence-electron chi connectivity index (χ2n) is 7.02. The summed E-state index contributed by atoms with van der Waals surface area (Å²) in [6.45, 7) is 8.53. The molecule has 8 nitrogen and oxygen atoms in total. The van der Waals surface area contributed by atoms with Crippen molar-refractivity contribution in [2.24, 2.45) is 0 Å². The van der Waals surface area contributed by atoms with E-state index in [4.69, 9.17) is 18.9 Å². The number of hydrogen-bond donors (Lipinski definition) is 0. The van der Waals surface area contributed by atoms with Crippen LogP contribution in [-0.4, -0.2) is 23.9 Å². The van der Waals surface area contributed by atoms with Gasteiger partial charge in [-0.15, -0.1) is 0 Å². The molecule has 0 saturated carbocycles. The van der Waals surface area contributed by atoms with Gasteiger partial charge in [-0.25, -0.2) is 0 Å². The van der Waals surface area contributed by atoms with Crippen molar-refractivity contribution >= 4 is 36.0 Å². The van der Waals surface area contributed by atoms with Crippen LogP contribution in [0.4, 0.5) is 0 Å². The summed E-state index contributed by atoms with van der Waals surface area (Å²) in [7, 11) is 0. The Balaban J connectivity index is 2.60. The highest BCUT2D eigenvalue weighted by Crippen LogP contribution is 2.33. The zero-order valence-corrected chi connectivity index (χ0v) is 18.7. The van der Waals surface area contributed by atoms with E-state index in [1.165, 1.54) is 27.7 Å². The molecule has 0 aliphatic heterocycles. The molecule has 0 N–H and O–H groups in total. The smallest absolute Gasteiger partial charge is 0.308 e. The number of ether oxygens (including phenoxy) is 4. The topological polar surface area (TPSA) is 105 Å². The van der Waals surface area contributed by atoms with Crippen LogP contribution in [0.2, 0.25) is 0 Å². The number of aryl methyl sites for hydroxylation is 2. The molecular formula is C24H24O8. The number of carbonyl (C=O) groups is 4. The first-order valence-electron chi connectivity index (χ1n) is 9.67. The Hall–Kier alpha value is -3.94. The average Bonchev–Trinajstić information content (AvgIpc) is 2.64. The molecule has 0 atom stereocenters. The van der Waals surface area contributed by atoms with Gasteiger partial charge in [-0.2, -0.15) is 0 Å². The number of esters is 4. The Morgan fingerprint density at radius 2 is 0.812 bits per heavy atom. The highest BCUT2D eigenvalue weighted by molar-refractivity contribution is 5.82. The highest BCUT2D eigenvalue weighted by Gasteiger charge is 2.14. The summed E-state index contributed by atoms with van der Waals surface area (Å²) in [6.07, 6.45) is 3.19. The lowest BCUT2D eigenvalue weighted by Crippen LogP contribution is -2.07. The van der Waals surface area contributed by atoms with E-state index in [9.17, 15) is 19.2 Å². The van der Waals surface area contributed by atoms with E-state index in [-0.39, 0.29) is 11.5 Å². The van der Waals surface area contributed by atoms with Crippen molar-refractivity contribution in [1.82, 2.24) is 0 Å². The number of benzene rings is 2. The normalized spacial score (nSPS) is 10.6. The number of carbonyl (C=O) groups excluding carboxylic acids is 4. The number of rotatable bonds is 6. The van der Waals surface area contributed by atoms with Crippen molar-refractivity contribution in [3.8, 4) is 23.0 Å². The maximum absolute atomic E-state index is 11.5. The molecule has 0 amide bonds. The largest absolute Gasteiger partial charge is 0.426 e. The van der Waals surface area contributed by atoms with Gasteiger partial charge in [0.15, 0.2) is 0 Å². The molecule has 0 heterocycles. The first-order chi connectivity index (χ1) is 15.0. The maximum atomic E-state index is 11.5. The third-order valence-corrected chi connectivity index (χ3v) is 4.07. The van der Waals surface area contributed by atoms with Gasteiger partial charge >= 0.3 is 23.9 Å². The Morgan fingerprint density at radius 1 is 0.531 bits per heavy atom. The van der Waals surface area contributed by atoms with Crippen molar-refractivity contribution in [2.45, 2.75) is 41.5 Å². The summed E-state index contributed by atoms with van der Waals surface area (Å²) in [4.78, 5) is 45.9. The lowest BCUT2D eigenvalue weighted by atomic mass is 10.1. The number of hydrogen-bond acceptors (Lipinski definition) is 8. The monoisotopic (exact) mass is 440 g/mol. The van der Waals surface area contributed by atoms with Crippen LogP contribution >= 0.6 is 0 Å². The lowest BCUT2D eigenvalue weighted by Gasteiger charge is -2.13. The Bertz CT molecular complexity index is 1020. The van der Waals surface area contributed by atoms with Crippen LogP contribution in [0.15, 0.2) is 24.3 Å². The molecule has 32 heavy (non-hydrogen) atoms. The molecule has 0 bridgehead atoms. The van der Waals surface area contributed by atoms with Gasteiger partial charge in [0.2, 0.25) is 0 Å². The van der Waals surface area contributed by atoms with E-state index >= 15 is 0 Å². The molecule has 0 saturated heterocycles. The molecule has 2 rings (SSSR count). The summed E-state index contributed by atoms with van der Waals surface area (Å²) in [5, 5.41) is 0. The van der Waals surface area contributed by atoms with E-state index in [1.54, 1.807) is 50.3 Å². The van der Waals surface area contributed by atoms with Gasteiger partial charge in [0.05, 0.1) is 0 Å². The molecule has 0 fully saturated rings. The molecule has 168 valence electrons. The van der Waals surface area contributed by atoms with Gasteiger partial charge in [0.25, 0.3) is 0 Å². The second-order valence-corrected chi connectivity index (χ2v) is 7.02. The molecule has 0 radical (unpaired) electrons. The lowest BCUT2D eigenvalue weighted by molar-refractivity contribution is -0.133. The SMILES string of the molecule is CC(=O)Oc1cc(/C=C/c2cc(OC(C)=O)c(C)cc2OC(C)=O)c(OC(C)=O)cc1C. The molecular weight excluding hydrogens is 416 g/mol. The fraction of sp³-hybridized carbons (Fsp3) is 0.250. The van der Waals surface area contributed by atoms with Gasteiger partial charge in [-0.1, -0.05) is 12.2 Å². The zero-order chi connectivity index (χ0) is 24.0. The van der Waals surface area contributed by atoms with Crippen LogP contribution in [0.25, 0.3) is 12.2 Å². The minimum atomic E-state index is -0.521. The molecule has 8 heteroatoms. The summed E-state index contributed by atoms with van der Waals surface area (Å²) in [6, 6.07) is 6.26. The van der Waals surface area contributed by atoms with Gasteiger partial charge < -0.3 is 18.9 Å². The summed E-state index contributed by atoms with van der Waals surface area (Å²) >= 11 is 0. The standard InChI is InChI=1S/C24H24O8/c1-13-9-23(31-17(5)27)19(11-21(13)29-15(3)25)7-8-20-12-22(30-16(4)26)14(2)10-24(20)32-18(6)28/h7-12H,1-6H3/b8-7+. The molecule has 0 spiro atoms. The average molecular weight is 440 g/mol. The van der Waals surface area contributed by atoms with Gasteiger partial charge in [-0.3, -0.25) is 19.2 Å². The van der Waals surface area contributed by atoms with E-state index in [0.29, 0.717) is 33.8 Å². The van der Waals surface area contributed by atoms with Crippen LogP contribution in [0.5, 0.6) is 23.0 Å². The third-order valence-electron chi connectivity index (χ3n) is 4.07. The van der Waals surface area contributed by atoms with Crippen LogP contribution in [0, 0.1) is 13.8 Å². The summed E-state index contributed by atoms with van der Waals surface area (Å²) in [5.41, 5.74) is 2.07. The van der Waals surface area contributed by atoms with Crippen LogP contribution in [0.3, 0.4) is 0 Å². The predicted molar refractivity (Wildman–Crippen MR) is 117 cm³/mol. The fourth-order valence-electron chi connectivity index (χ4n) is 2.81. The third kappa shape index (κ3) is 6.80. The van der Waals surface area contributed by atoms with Gasteiger partial charge in [0, 0.05) is 38.8 Å². The highest BCUT2D eigenvalue weighted by atomic mass is 16.5. The first kappa shape index (κ1) is 24.3. The van der Waals surface area contributed by atoms with Gasteiger partial charge in [0.1, 0.15) is 23.0 Å². The quantitative estimate of drug-likeness (QED) is 0.374. The fourth-order valence-corrected chi connectivity index (χ4v) is 2.81. The van der Waals surface area contributed by atoms with Crippen LogP contribution in [0.1, 0.15) is 49.9 Å². The maximum Gasteiger partial charge on any atom is 0.308 e. The van der Waals surface area contributed by atoms with Crippen LogP contribution in [-0.2, 0) is 19.2 Å². The molecule has 2 aromatic rings. The first-order valence-corrected chi connectivity index (χ1v) is 9.67. The second kappa shape index (κ2) is 10.4. The summed E-state index contributed by atoms with van der Waals surface area (Å²) < 4.78 is 21.0. The predicted octanol–water partition coefficient (Wildman–Crippen LogP) is 4.18. The Morgan fingerprint density at radius 3 is 1.09 bits per heavy atom. The minimum absolute atomic E-state index is 0.253. The summed E-state index contributed by atoms with van der Waals surface area (Å²) in [5.74, 6) is -0.919. The van der Waals surface area contributed by atoms with E-state index in [1.807, 2.05) is 0 Å². The van der Waals surface area contributed by atoms with E-state index in [2.05, 4.69) is 0 Å². The van der Waals surface area contributed by atoms with Gasteiger partial charge in [-0.05, 0) is 49.2 Å². The van der Waals surface area contributed by atoms with Crippen molar-refractivity contribution in [2.75, 3.05) is 0 Å². The molecule has 0 aliphatic carbocycles. The van der Waals surface area contributed by atoms with Crippen LogP contribution < -0.4 is 18.9 Å². The Labute approximate surface area is 185 Å². The van der Waals surface area contributed by atoms with Crippen molar-refractivity contribution in [3.05, 3.63) is 46.5 Å². The molecule has 0 aliphatic rings. The minimum Gasteiger partial charge on any atom is -0.426 e. The van der Waals surface area contributed by atoms with Crippen molar-refractivity contribution in [3.63, 3.8) is 0 Å². The van der Waals surface area contributed by atoms with Crippen molar-refractivity contribution < 1.29 is 38.1 Å². The van der Waals surface area contributed by atoms with E-state index in [0.717, 1.165) is 0 Å².